The van der Waals surface area contributed by atoms with Gasteiger partial charge in [0, 0.05) is 25.2 Å². The molecule has 2 aromatic rings. The Balaban J connectivity index is 1.66. The number of morpholine rings is 1. The second-order valence-electron chi connectivity index (χ2n) is 7.45. The highest BCUT2D eigenvalue weighted by molar-refractivity contribution is 7.89. The average molecular weight is 431 g/mol. The van der Waals surface area contributed by atoms with E-state index in [1.54, 1.807) is 12.1 Å². The summed E-state index contributed by atoms with van der Waals surface area (Å²) in [6.45, 7) is 1.92. The van der Waals surface area contributed by atoms with Gasteiger partial charge < -0.3 is 14.4 Å². The molecular formula is C22H26N2O5S. The van der Waals surface area contributed by atoms with Gasteiger partial charge in [-0.3, -0.25) is 4.79 Å². The molecule has 2 saturated heterocycles. The molecule has 30 heavy (non-hydrogen) atoms. The van der Waals surface area contributed by atoms with E-state index in [1.807, 2.05) is 35.2 Å². The van der Waals surface area contributed by atoms with Crippen LogP contribution in [0.2, 0.25) is 0 Å². The Morgan fingerprint density at radius 1 is 1.07 bits per heavy atom. The van der Waals surface area contributed by atoms with Gasteiger partial charge in [-0.25, -0.2) is 8.42 Å². The van der Waals surface area contributed by atoms with Gasteiger partial charge in [-0.2, -0.15) is 4.31 Å². The van der Waals surface area contributed by atoms with Gasteiger partial charge >= 0.3 is 0 Å². The van der Waals surface area contributed by atoms with Crippen molar-refractivity contribution in [3.8, 4) is 5.75 Å². The van der Waals surface area contributed by atoms with Crippen LogP contribution >= 0.6 is 0 Å². The Hall–Kier alpha value is -2.42. The number of hydrogen-bond donors (Lipinski definition) is 0. The molecule has 0 spiro atoms. The minimum Gasteiger partial charge on any atom is -0.495 e. The zero-order chi connectivity index (χ0) is 21.1. The van der Waals surface area contributed by atoms with Crippen molar-refractivity contribution in [2.45, 2.75) is 23.8 Å². The van der Waals surface area contributed by atoms with Crippen LogP contribution in [0.25, 0.3) is 0 Å². The Morgan fingerprint density at radius 3 is 2.50 bits per heavy atom. The molecule has 2 aliphatic heterocycles. The first kappa shape index (κ1) is 20.8. The van der Waals surface area contributed by atoms with Crippen molar-refractivity contribution in [1.29, 1.82) is 0 Å². The van der Waals surface area contributed by atoms with Crippen LogP contribution in [0.1, 0.15) is 34.8 Å². The third kappa shape index (κ3) is 3.95. The van der Waals surface area contributed by atoms with Gasteiger partial charge in [-0.1, -0.05) is 30.3 Å². The van der Waals surface area contributed by atoms with Crippen molar-refractivity contribution >= 4 is 15.9 Å². The Labute approximate surface area is 177 Å². The summed E-state index contributed by atoms with van der Waals surface area (Å²) < 4.78 is 38.4. The molecule has 1 atom stereocenters. The number of benzene rings is 2. The van der Waals surface area contributed by atoms with Crippen molar-refractivity contribution < 1.29 is 22.7 Å². The molecule has 0 saturated carbocycles. The van der Waals surface area contributed by atoms with E-state index < -0.39 is 10.0 Å². The van der Waals surface area contributed by atoms with E-state index in [0.717, 1.165) is 18.4 Å². The van der Waals surface area contributed by atoms with E-state index in [1.165, 1.54) is 17.5 Å². The van der Waals surface area contributed by atoms with Crippen LogP contribution in [-0.4, -0.2) is 63.5 Å². The smallest absolute Gasteiger partial charge is 0.254 e. The largest absolute Gasteiger partial charge is 0.495 e. The van der Waals surface area contributed by atoms with Crippen LogP contribution in [0, 0.1) is 0 Å². The summed E-state index contributed by atoms with van der Waals surface area (Å²) >= 11 is 0. The molecule has 0 bridgehead atoms. The van der Waals surface area contributed by atoms with E-state index in [4.69, 9.17) is 9.47 Å². The van der Waals surface area contributed by atoms with Crippen LogP contribution < -0.4 is 4.74 Å². The van der Waals surface area contributed by atoms with E-state index >= 15 is 0 Å². The maximum atomic E-state index is 13.3. The van der Waals surface area contributed by atoms with Crippen LogP contribution in [0.5, 0.6) is 5.75 Å². The molecule has 0 N–H and O–H groups in total. The van der Waals surface area contributed by atoms with E-state index in [0.29, 0.717) is 25.3 Å². The quantitative estimate of drug-likeness (QED) is 0.729. The number of rotatable bonds is 5. The van der Waals surface area contributed by atoms with E-state index in [9.17, 15) is 13.2 Å². The SMILES string of the molecule is COc1ccc(C(=O)N2CCCC2c2ccccc2)cc1S(=O)(=O)N1CCOCC1. The monoisotopic (exact) mass is 430 g/mol. The number of sulfonamides is 1. The summed E-state index contributed by atoms with van der Waals surface area (Å²) in [5.41, 5.74) is 1.45. The predicted molar refractivity (Wildman–Crippen MR) is 112 cm³/mol. The van der Waals surface area contributed by atoms with Crippen molar-refractivity contribution in [1.82, 2.24) is 9.21 Å². The highest BCUT2D eigenvalue weighted by Gasteiger charge is 2.33. The lowest BCUT2D eigenvalue weighted by Crippen LogP contribution is -2.40. The first-order valence-corrected chi connectivity index (χ1v) is 11.6. The molecule has 160 valence electrons. The molecule has 2 heterocycles. The first-order valence-electron chi connectivity index (χ1n) is 10.1. The number of ether oxygens (including phenoxy) is 2. The maximum absolute atomic E-state index is 13.3. The van der Waals surface area contributed by atoms with Crippen molar-refractivity contribution in [3.05, 3.63) is 59.7 Å². The maximum Gasteiger partial charge on any atom is 0.254 e. The van der Waals surface area contributed by atoms with Crippen LogP contribution in [0.4, 0.5) is 0 Å². The van der Waals surface area contributed by atoms with Gasteiger partial charge in [0.05, 0.1) is 26.4 Å². The van der Waals surface area contributed by atoms with Gasteiger partial charge in [-0.15, -0.1) is 0 Å². The molecule has 2 aromatic carbocycles. The lowest BCUT2D eigenvalue weighted by Gasteiger charge is -2.28. The van der Waals surface area contributed by atoms with Crippen molar-refractivity contribution in [2.75, 3.05) is 40.0 Å². The number of hydrogen-bond acceptors (Lipinski definition) is 5. The average Bonchev–Trinajstić information content (AvgIpc) is 3.29. The lowest BCUT2D eigenvalue weighted by atomic mass is 10.0. The first-order chi connectivity index (χ1) is 14.5. The molecule has 0 aromatic heterocycles. The van der Waals surface area contributed by atoms with E-state index in [2.05, 4.69) is 0 Å². The summed E-state index contributed by atoms with van der Waals surface area (Å²) in [4.78, 5) is 15.2. The number of amides is 1. The number of carbonyl (C=O) groups is 1. The minimum absolute atomic E-state index is 0.0000945. The third-order valence-electron chi connectivity index (χ3n) is 5.70. The second kappa shape index (κ2) is 8.75. The Kier molecular flexibility index (Phi) is 6.08. The third-order valence-corrected chi connectivity index (χ3v) is 7.62. The predicted octanol–water partition coefficient (Wildman–Crippen LogP) is 2.69. The molecule has 0 radical (unpaired) electrons. The highest BCUT2D eigenvalue weighted by Crippen LogP contribution is 2.34. The zero-order valence-electron chi connectivity index (χ0n) is 17.0. The van der Waals surface area contributed by atoms with E-state index in [-0.39, 0.29) is 35.7 Å². The standard InChI is InChI=1S/C22H26N2O5S/c1-28-20-10-9-18(16-21(20)30(26,27)23-12-14-29-15-13-23)22(25)24-11-5-8-19(24)17-6-3-2-4-7-17/h2-4,6-7,9-10,16,19H,5,8,11-15H2,1H3. The van der Waals surface area contributed by atoms with Crippen LogP contribution in [0.3, 0.4) is 0 Å². The summed E-state index contributed by atoms with van der Waals surface area (Å²) in [7, 11) is -2.36. The number of carbonyl (C=O) groups excluding carboxylic acids is 1. The van der Waals surface area contributed by atoms with Crippen molar-refractivity contribution in [2.24, 2.45) is 0 Å². The van der Waals surface area contributed by atoms with Gasteiger partial charge in [0.15, 0.2) is 0 Å². The second-order valence-corrected chi connectivity index (χ2v) is 9.36. The molecule has 2 aliphatic rings. The van der Waals surface area contributed by atoms with Gasteiger partial charge in [0.25, 0.3) is 5.91 Å². The fourth-order valence-corrected chi connectivity index (χ4v) is 5.72. The minimum atomic E-state index is -3.79. The van der Waals surface area contributed by atoms with Crippen molar-refractivity contribution in [3.63, 3.8) is 0 Å². The topological polar surface area (TPSA) is 76.2 Å². The highest BCUT2D eigenvalue weighted by atomic mass is 32.2. The van der Waals surface area contributed by atoms with Crippen LogP contribution in [0.15, 0.2) is 53.4 Å². The summed E-state index contributed by atoms with van der Waals surface area (Å²) in [5.74, 6) is 0.0708. The normalized spacial score (nSPS) is 20.3. The fraction of sp³-hybridized carbons (Fsp3) is 0.409. The summed E-state index contributed by atoms with van der Waals surface area (Å²) in [6.07, 6.45) is 1.81. The Morgan fingerprint density at radius 2 is 1.80 bits per heavy atom. The molecule has 4 rings (SSSR count). The molecule has 8 heteroatoms. The van der Waals surface area contributed by atoms with Gasteiger partial charge in [0.1, 0.15) is 10.6 Å². The molecule has 2 fully saturated rings. The lowest BCUT2D eigenvalue weighted by molar-refractivity contribution is 0.0727. The molecule has 0 aliphatic carbocycles. The summed E-state index contributed by atoms with van der Waals surface area (Å²) in [5, 5.41) is 0. The fourth-order valence-electron chi connectivity index (χ4n) is 4.13. The van der Waals surface area contributed by atoms with Gasteiger partial charge in [0.2, 0.25) is 10.0 Å². The van der Waals surface area contributed by atoms with Gasteiger partial charge in [-0.05, 0) is 36.6 Å². The summed E-state index contributed by atoms with van der Waals surface area (Å²) in [6, 6.07) is 14.6. The number of nitrogens with zero attached hydrogens (tertiary/aromatic N) is 2. The zero-order valence-corrected chi connectivity index (χ0v) is 17.8. The number of likely N-dealkylation sites (tertiary alicyclic amines) is 1. The Bertz CT molecular complexity index is 1000. The molecule has 7 nitrogen and oxygen atoms in total. The molecular weight excluding hydrogens is 404 g/mol. The number of methoxy groups -OCH3 is 1. The molecule has 1 unspecified atom stereocenters. The molecule has 1 amide bonds. The van der Waals surface area contributed by atoms with Crippen LogP contribution in [-0.2, 0) is 14.8 Å².